The minimum atomic E-state index is -1.24. The van der Waals surface area contributed by atoms with Gasteiger partial charge in [-0.3, -0.25) is 4.79 Å². The first-order chi connectivity index (χ1) is 9.99. The fraction of sp³-hybridized carbons (Fsp3) is 0. The highest BCUT2D eigenvalue weighted by molar-refractivity contribution is 9.10. The van der Waals surface area contributed by atoms with Crippen molar-refractivity contribution in [2.45, 2.75) is 0 Å². The molecular weight excluding hydrogens is 342 g/mol. The lowest BCUT2D eigenvalue weighted by Crippen LogP contribution is -2.13. The number of carboxylic acids is 1. The zero-order valence-electron chi connectivity index (χ0n) is 10.4. The van der Waals surface area contributed by atoms with Crippen LogP contribution in [-0.4, -0.2) is 30.8 Å². The van der Waals surface area contributed by atoms with Crippen LogP contribution in [0.4, 0.5) is 0 Å². The molecule has 0 bridgehead atoms. The van der Waals surface area contributed by atoms with Gasteiger partial charge in [-0.25, -0.2) is 4.79 Å². The first-order valence-electron chi connectivity index (χ1n) is 5.81. The van der Waals surface area contributed by atoms with Gasteiger partial charge in [-0.05, 0) is 17.7 Å². The zero-order chi connectivity index (χ0) is 15.1. The van der Waals surface area contributed by atoms with Gasteiger partial charge in [0.2, 0.25) is 5.88 Å². The summed E-state index contributed by atoms with van der Waals surface area (Å²) in [7, 11) is 0. The first-order valence-corrected chi connectivity index (χ1v) is 6.60. The quantitative estimate of drug-likeness (QED) is 0.654. The van der Waals surface area contributed by atoms with Crippen molar-refractivity contribution in [3.05, 3.63) is 50.9 Å². The third-order valence-electron chi connectivity index (χ3n) is 3.00. The Morgan fingerprint density at radius 2 is 2.14 bits per heavy atom. The van der Waals surface area contributed by atoms with E-state index in [1.54, 1.807) is 24.3 Å². The van der Waals surface area contributed by atoms with Gasteiger partial charge < -0.3 is 15.2 Å². The number of H-pyrrole nitrogens is 1. The van der Waals surface area contributed by atoms with Gasteiger partial charge in [-0.2, -0.15) is 9.61 Å². The van der Waals surface area contributed by atoms with Gasteiger partial charge in [-0.15, -0.1) is 0 Å². The van der Waals surface area contributed by atoms with Crippen molar-refractivity contribution in [1.29, 1.82) is 0 Å². The van der Waals surface area contributed by atoms with Crippen molar-refractivity contribution in [2.24, 2.45) is 0 Å². The predicted octanol–water partition coefficient (Wildman–Crippen LogP) is 1.86. The Bertz CT molecular complexity index is 929. The molecule has 3 N–H and O–H groups in total. The molecule has 0 amide bonds. The standard InChI is InChI=1S/C13H8BrN3O4/c14-7-3-1-2-6(4-7)9-11(18)16-10-8(13(20)21)5-15-17(10)12(9)19/h1-5,19H,(H,16,18)(H,20,21). The van der Waals surface area contributed by atoms with Crippen LogP contribution in [0.15, 0.2) is 39.7 Å². The number of hydrogen-bond donors (Lipinski definition) is 3. The SMILES string of the molecule is O=C(O)c1cnn2c(O)c(-c3cccc(Br)c3)c(=O)[nH]c12. The van der Waals surface area contributed by atoms with E-state index >= 15 is 0 Å². The van der Waals surface area contributed by atoms with Crippen LogP contribution >= 0.6 is 15.9 Å². The molecule has 3 aromatic rings. The number of benzene rings is 1. The number of nitrogens with zero attached hydrogens (tertiary/aromatic N) is 2. The number of rotatable bonds is 2. The number of nitrogens with one attached hydrogen (secondary N) is 1. The van der Waals surface area contributed by atoms with Gasteiger partial charge >= 0.3 is 5.97 Å². The fourth-order valence-electron chi connectivity index (χ4n) is 2.07. The van der Waals surface area contributed by atoms with Crippen LogP contribution in [0, 0.1) is 0 Å². The van der Waals surface area contributed by atoms with Crippen molar-refractivity contribution in [1.82, 2.24) is 14.6 Å². The molecule has 8 heteroatoms. The predicted molar refractivity (Wildman–Crippen MR) is 77.6 cm³/mol. The number of aromatic amines is 1. The molecule has 0 spiro atoms. The highest BCUT2D eigenvalue weighted by Gasteiger charge is 2.19. The molecule has 21 heavy (non-hydrogen) atoms. The summed E-state index contributed by atoms with van der Waals surface area (Å²) in [6, 6.07) is 6.82. The van der Waals surface area contributed by atoms with Crippen molar-refractivity contribution >= 4 is 27.5 Å². The molecule has 7 nitrogen and oxygen atoms in total. The molecule has 0 saturated carbocycles. The summed E-state index contributed by atoms with van der Waals surface area (Å²) in [5.41, 5.74) is -0.353. The number of fused-ring (bicyclic) bond motifs is 1. The van der Waals surface area contributed by atoms with Crippen LogP contribution in [-0.2, 0) is 0 Å². The lowest BCUT2D eigenvalue weighted by atomic mass is 10.1. The first kappa shape index (κ1) is 13.4. The minimum absolute atomic E-state index is 0.0174. The average molecular weight is 350 g/mol. The Labute approximate surface area is 125 Å². The molecule has 3 rings (SSSR count). The van der Waals surface area contributed by atoms with Crippen LogP contribution in [0.5, 0.6) is 5.88 Å². The van der Waals surface area contributed by atoms with Crippen LogP contribution < -0.4 is 5.56 Å². The number of carboxylic acid groups (broad SMARTS) is 1. The smallest absolute Gasteiger partial charge is 0.341 e. The minimum Gasteiger partial charge on any atom is -0.493 e. The monoisotopic (exact) mass is 349 g/mol. The van der Waals surface area contributed by atoms with Crippen LogP contribution in [0.1, 0.15) is 10.4 Å². The molecule has 0 atom stereocenters. The topological polar surface area (TPSA) is 108 Å². The number of carbonyl (C=O) groups is 1. The van der Waals surface area contributed by atoms with Gasteiger partial charge in [0.15, 0.2) is 5.65 Å². The Morgan fingerprint density at radius 1 is 1.38 bits per heavy atom. The maximum absolute atomic E-state index is 12.2. The Hall–Kier alpha value is -2.61. The largest absolute Gasteiger partial charge is 0.493 e. The highest BCUT2D eigenvalue weighted by atomic mass is 79.9. The molecule has 2 aromatic heterocycles. The van der Waals surface area contributed by atoms with Gasteiger partial charge in [0.05, 0.1) is 6.20 Å². The third-order valence-corrected chi connectivity index (χ3v) is 3.49. The van der Waals surface area contributed by atoms with Crippen molar-refractivity contribution < 1.29 is 15.0 Å². The summed E-state index contributed by atoms with van der Waals surface area (Å²) in [5, 5.41) is 23.0. The second-order valence-corrected chi connectivity index (χ2v) is 5.20. The van der Waals surface area contributed by atoms with E-state index in [9.17, 15) is 14.7 Å². The highest BCUT2D eigenvalue weighted by Crippen LogP contribution is 2.28. The normalized spacial score (nSPS) is 10.9. The van der Waals surface area contributed by atoms with Crippen LogP contribution in [0.3, 0.4) is 0 Å². The van der Waals surface area contributed by atoms with E-state index in [1.807, 2.05) is 0 Å². The van der Waals surface area contributed by atoms with Gasteiger partial charge in [-0.1, -0.05) is 28.1 Å². The number of aromatic nitrogens is 3. The molecular formula is C13H8BrN3O4. The Kier molecular flexibility index (Phi) is 3.02. The molecule has 0 saturated heterocycles. The maximum atomic E-state index is 12.2. The summed E-state index contributed by atoms with van der Waals surface area (Å²) in [6.45, 7) is 0. The lowest BCUT2D eigenvalue weighted by molar-refractivity contribution is 0.0699. The van der Waals surface area contributed by atoms with Gasteiger partial charge in [0.1, 0.15) is 11.1 Å². The van der Waals surface area contributed by atoms with E-state index in [2.05, 4.69) is 26.0 Å². The lowest BCUT2D eigenvalue weighted by Gasteiger charge is -2.06. The molecule has 0 fully saturated rings. The van der Waals surface area contributed by atoms with Gasteiger partial charge in [0, 0.05) is 4.47 Å². The van der Waals surface area contributed by atoms with Gasteiger partial charge in [0.25, 0.3) is 5.56 Å². The van der Waals surface area contributed by atoms with Crippen molar-refractivity contribution in [2.75, 3.05) is 0 Å². The van der Waals surface area contributed by atoms with Crippen LogP contribution in [0.25, 0.3) is 16.8 Å². The summed E-state index contributed by atoms with van der Waals surface area (Å²) in [5.74, 6) is -1.66. The third kappa shape index (κ3) is 2.09. The van der Waals surface area contributed by atoms with E-state index in [4.69, 9.17) is 5.11 Å². The Morgan fingerprint density at radius 3 is 2.81 bits per heavy atom. The number of hydrogen-bond acceptors (Lipinski definition) is 4. The molecule has 0 radical (unpaired) electrons. The molecule has 0 aliphatic heterocycles. The summed E-state index contributed by atoms with van der Waals surface area (Å²) >= 11 is 3.29. The molecule has 2 heterocycles. The molecule has 1 aromatic carbocycles. The number of aromatic carboxylic acids is 1. The molecule has 106 valence electrons. The number of halogens is 1. The molecule has 0 unspecified atom stereocenters. The van der Waals surface area contributed by atoms with E-state index in [0.717, 1.165) is 15.2 Å². The number of aromatic hydroxyl groups is 1. The maximum Gasteiger partial charge on any atom is 0.341 e. The Balaban J connectivity index is 2.36. The van der Waals surface area contributed by atoms with Crippen LogP contribution in [0.2, 0.25) is 0 Å². The second-order valence-electron chi connectivity index (χ2n) is 4.29. The average Bonchev–Trinajstić information content (AvgIpc) is 2.82. The van der Waals surface area contributed by atoms with Crippen molar-refractivity contribution in [3.8, 4) is 17.0 Å². The van der Waals surface area contributed by atoms with Crippen molar-refractivity contribution in [3.63, 3.8) is 0 Å². The fourth-order valence-corrected chi connectivity index (χ4v) is 2.47. The summed E-state index contributed by atoms with van der Waals surface area (Å²) in [4.78, 5) is 25.6. The molecule has 0 aliphatic carbocycles. The summed E-state index contributed by atoms with van der Waals surface area (Å²) < 4.78 is 1.73. The van der Waals surface area contributed by atoms with E-state index < -0.39 is 17.4 Å². The summed E-state index contributed by atoms with van der Waals surface area (Å²) in [6.07, 6.45) is 1.07. The van der Waals surface area contributed by atoms with E-state index in [1.165, 1.54) is 0 Å². The van der Waals surface area contributed by atoms with E-state index in [0.29, 0.717) is 5.56 Å². The molecule has 0 aliphatic rings. The van der Waals surface area contributed by atoms with E-state index in [-0.39, 0.29) is 16.8 Å². The second kappa shape index (κ2) is 4.74. The zero-order valence-corrected chi connectivity index (χ0v) is 12.0.